The van der Waals surface area contributed by atoms with Gasteiger partial charge in [0.2, 0.25) is 0 Å². The Morgan fingerprint density at radius 2 is 1.80 bits per heavy atom. The number of benzene rings is 2. The summed E-state index contributed by atoms with van der Waals surface area (Å²) in [6.07, 6.45) is -4.71. The van der Waals surface area contributed by atoms with Crippen LogP contribution in [0.5, 0.6) is 5.75 Å². The van der Waals surface area contributed by atoms with E-state index in [1.165, 1.54) is 18.2 Å². The molecule has 0 radical (unpaired) electrons. The zero-order valence-corrected chi connectivity index (χ0v) is 11.0. The van der Waals surface area contributed by atoms with Gasteiger partial charge in [-0.3, -0.25) is 0 Å². The molecular formula is C14H11ClF3NO. The number of nitrogens with one attached hydrogen (secondary N) is 1. The predicted octanol–water partition coefficient (Wildman–Crippen LogP) is 4.85. The number of hydrogen-bond donors (Lipinski definition) is 1. The molecule has 0 unspecified atom stereocenters. The maximum atomic E-state index is 12.3. The summed E-state index contributed by atoms with van der Waals surface area (Å²) in [4.78, 5) is 0. The molecule has 1 N–H and O–H groups in total. The van der Waals surface area contributed by atoms with Crippen molar-refractivity contribution in [1.82, 2.24) is 0 Å². The van der Waals surface area contributed by atoms with Crippen molar-refractivity contribution in [2.24, 2.45) is 0 Å². The number of para-hydroxylation sites is 2. The molecule has 0 fully saturated rings. The molecule has 0 aliphatic rings. The minimum absolute atomic E-state index is 0.262. The van der Waals surface area contributed by atoms with E-state index < -0.39 is 6.36 Å². The number of rotatable bonds is 4. The summed E-state index contributed by atoms with van der Waals surface area (Å²) in [5, 5.41) is 3.47. The van der Waals surface area contributed by atoms with E-state index in [0.29, 0.717) is 11.6 Å². The highest BCUT2D eigenvalue weighted by Crippen LogP contribution is 2.30. The lowest BCUT2D eigenvalue weighted by Crippen LogP contribution is -2.18. The smallest absolute Gasteiger partial charge is 0.404 e. The first-order chi connectivity index (χ1) is 9.44. The maximum absolute atomic E-state index is 12.3. The molecule has 2 aromatic carbocycles. The highest BCUT2D eigenvalue weighted by Gasteiger charge is 2.32. The minimum Gasteiger partial charge on any atom is -0.404 e. The normalized spacial score (nSPS) is 11.2. The Bertz CT molecular complexity index is 587. The van der Waals surface area contributed by atoms with E-state index in [2.05, 4.69) is 10.1 Å². The maximum Gasteiger partial charge on any atom is 0.573 e. The lowest BCUT2D eigenvalue weighted by atomic mass is 10.2. The van der Waals surface area contributed by atoms with Gasteiger partial charge in [-0.05, 0) is 29.8 Å². The summed E-state index contributed by atoms with van der Waals surface area (Å²) in [7, 11) is 0. The van der Waals surface area contributed by atoms with Crippen LogP contribution < -0.4 is 10.1 Å². The molecular weight excluding hydrogens is 291 g/mol. The summed E-state index contributed by atoms with van der Waals surface area (Å²) >= 11 is 5.84. The van der Waals surface area contributed by atoms with Crippen molar-refractivity contribution >= 4 is 17.3 Å². The number of alkyl halides is 3. The third-order valence-corrected chi connectivity index (χ3v) is 2.72. The Morgan fingerprint density at radius 1 is 1.05 bits per heavy atom. The van der Waals surface area contributed by atoms with Gasteiger partial charge >= 0.3 is 6.36 Å². The predicted molar refractivity (Wildman–Crippen MR) is 71.9 cm³/mol. The van der Waals surface area contributed by atoms with Gasteiger partial charge in [-0.25, -0.2) is 0 Å². The third-order valence-electron chi connectivity index (χ3n) is 2.48. The highest BCUT2D eigenvalue weighted by atomic mass is 35.5. The molecule has 0 saturated carbocycles. The monoisotopic (exact) mass is 301 g/mol. The fourth-order valence-electron chi connectivity index (χ4n) is 1.67. The molecule has 0 spiro atoms. The fourth-order valence-corrected chi connectivity index (χ4v) is 1.88. The molecule has 0 aromatic heterocycles. The van der Waals surface area contributed by atoms with Crippen LogP contribution in [0.15, 0.2) is 48.5 Å². The van der Waals surface area contributed by atoms with Gasteiger partial charge < -0.3 is 10.1 Å². The summed E-state index contributed by atoms with van der Waals surface area (Å²) < 4.78 is 40.8. The Hall–Kier alpha value is -1.88. The molecule has 0 aliphatic heterocycles. The zero-order chi connectivity index (χ0) is 14.6. The molecule has 2 rings (SSSR count). The number of ether oxygens (including phenoxy) is 1. The van der Waals surface area contributed by atoms with Gasteiger partial charge in [0.15, 0.2) is 5.75 Å². The first-order valence-corrected chi connectivity index (χ1v) is 6.15. The third kappa shape index (κ3) is 4.35. The van der Waals surface area contributed by atoms with Gasteiger partial charge in [0.05, 0.1) is 5.69 Å². The second-order valence-electron chi connectivity index (χ2n) is 4.03. The average Bonchev–Trinajstić information content (AvgIpc) is 2.36. The second kappa shape index (κ2) is 6.05. The van der Waals surface area contributed by atoms with E-state index in [4.69, 9.17) is 11.6 Å². The van der Waals surface area contributed by atoms with Gasteiger partial charge in [0.1, 0.15) is 0 Å². The molecule has 0 heterocycles. The van der Waals surface area contributed by atoms with Crippen LogP contribution in [-0.4, -0.2) is 6.36 Å². The summed E-state index contributed by atoms with van der Waals surface area (Å²) in [5.41, 5.74) is 1.13. The summed E-state index contributed by atoms with van der Waals surface area (Å²) in [6, 6.07) is 13.0. The highest BCUT2D eigenvalue weighted by molar-refractivity contribution is 6.30. The number of hydrogen-bond acceptors (Lipinski definition) is 2. The Balaban J connectivity index is 2.09. The van der Waals surface area contributed by atoms with Crippen LogP contribution in [0.3, 0.4) is 0 Å². The Kier molecular flexibility index (Phi) is 4.39. The van der Waals surface area contributed by atoms with Crippen LogP contribution in [-0.2, 0) is 6.54 Å². The largest absolute Gasteiger partial charge is 0.573 e. The molecule has 0 bridgehead atoms. The Morgan fingerprint density at radius 3 is 2.50 bits per heavy atom. The van der Waals surface area contributed by atoms with Gasteiger partial charge in [0, 0.05) is 11.6 Å². The van der Waals surface area contributed by atoms with Crippen molar-refractivity contribution in [1.29, 1.82) is 0 Å². The van der Waals surface area contributed by atoms with Gasteiger partial charge in [0.25, 0.3) is 0 Å². The lowest BCUT2D eigenvalue weighted by molar-refractivity contribution is -0.274. The van der Waals surface area contributed by atoms with Crippen LogP contribution in [0, 0.1) is 0 Å². The first kappa shape index (κ1) is 14.5. The van der Waals surface area contributed by atoms with Crippen molar-refractivity contribution in [3.63, 3.8) is 0 Å². The van der Waals surface area contributed by atoms with Crippen LogP contribution in [0.1, 0.15) is 5.56 Å². The summed E-state index contributed by atoms with van der Waals surface area (Å²) in [6.45, 7) is 0.346. The van der Waals surface area contributed by atoms with E-state index >= 15 is 0 Å². The molecule has 6 heteroatoms. The molecule has 0 saturated heterocycles. The van der Waals surface area contributed by atoms with E-state index in [1.54, 1.807) is 24.3 Å². The number of halogens is 4. The fraction of sp³-hybridized carbons (Fsp3) is 0.143. The van der Waals surface area contributed by atoms with Crippen molar-refractivity contribution in [2.45, 2.75) is 12.9 Å². The molecule has 20 heavy (non-hydrogen) atoms. The van der Waals surface area contributed by atoms with Gasteiger partial charge in [-0.15, -0.1) is 13.2 Å². The lowest BCUT2D eigenvalue weighted by Gasteiger charge is -2.14. The number of anilines is 1. The summed E-state index contributed by atoms with van der Waals surface area (Å²) in [5.74, 6) is -0.262. The SMILES string of the molecule is FC(F)(F)Oc1ccccc1NCc1cccc(Cl)c1. The molecule has 106 valence electrons. The van der Waals surface area contributed by atoms with Gasteiger partial charge in [-0.2, -0.15) is 0 Å². The second-order valence-corrected chi connectivity index (χ2v) is 4.46. The van der Waals surface area contributed by atoms with Crippen molar-refractivity contribution in [3.8, 4) is 5.75 Å². The van der Waals surface area contributed by atoms with Gasteiger partial charge in [-0.1, -0.05) is 35.9 Å². The van der Waals surface area contributed by atoms with Crippen LogP contribution in [0.2, 0.25) is 5.02 Å². The topological polar surface area (TPSA) is 21.3 Å². The van der Waals surface area contributed by atoms with Crippen LogP contribution in [0.4, 0.5) is 18.9 Å². The van der Waals surface area contributed by atoms with E-state index in [0.717, 1.165) is 5.56 Å². The van der Waals surface area contributed by atoms with Crippen molar-refractivity contribution in [3.05, 3.63) is 59.1 Å². The molecule has 0 amide bonds. The molecule has 0 aliphatic carbocycles. The van der Waals surface area contributed by atoms with Crippen LogP contribution >= 0.6 is 11.6 Å². The van der Waals surface area contributed by atoms with Crippen molar-refractivity contribution in [2.75, 3.05) is 5.32 Å². The van der Waals surface area contributed by atoms with E-state index in [9.17, 15) is 13.2 Å². The van der Waals surface area contributed by atoms with E-state index in [1.807, 2.05) is 6.07 Å². The molecule has 2 nitrogen and oxygen atoms in total. The van der Waals surface area contributed by atoms with E-state index in [-0.39, 0.29) is 11.4 Å². The first-order valence-electron chi connectivity index (χ1n) is 5.77. The molecule has 0 atom stereocenters. The quantitative estimate of drug-likeness (QED) is 0.871. The standard InChI is InChI=1S/C14H11ClF3NO/c15-11-5-3-4-10(8-11)9-19-12-6-1-2-7-13(12)20-14(16,17)18/h1-8,19H,9H2. The molecule has 2 aromatic rings. The Labute approximate surface area is 119 Å². The minimum atomic E-state index is -4.71. The average molecular weight is 302 g/mol. The van der Waals surface area contributed by atoms with Crippen molar-refractivity contribution < 1.29 is 17.9 Å². The zero-order valence-electron chi connectivity index (χ0n) is 10.2. The van der Waals surface area contributed by atoms with Crippen LogP contribution in [0.25, 0.3) is 0 Å².